The SMILES string of the molecule is CCOCCNC(=NC)NCC(C)Oc1ccc(OC)cc1. The fourth-order valence-corrected chi connectivity index (χ4v) is 1.78. The summed E-state index contributed by atoms with van der Waals surface area (Å²) >= 11 is 0. The number of methoxy groups -OCH3 is 1. The van der Waals surface area contributed by atoms with E-state index in [2.05, 4.69) is 15.6 Å². The van der Waals surface area contributed by atoms with Crippen LogP contribution in [0.2, 0.25) is 0 Å². The first-order valence-corrected chi connectivity index (χ1v) is 7.52. The van der Waals surface area contributed by atoms with Gasteiger partial charge in [0, 0.05) is 20.2 Å². The molecule has 1 rings (SSSR count). The largest absolute Gasteiger partial charge is 0.497 e. The van der Waals surface area contributed by atoms with Gasteiger partial charge in [-0.05, 0) is 38.1 Å². The molecule has 1 aromatic rings. The van der Waals surface area contributed by atoms with Gasteiger partial charge in [0.25, 0.3) is 0 Å². The molecule has 6 nitrogen and oxygen atoms in total. The molecule has 0 saturated carbocycles. The molecule has 0 amide bonds. The fraction of sp³-hybridized carbons (Fsp3) is 0.562. The zero-order valence-electron chi connectivity index (χ0n) is 13.9. The van der Waals surface area contributed by atoms with Gasteiger partial charge in [-0.25, -0.2) is 0 Å². The Balaban J connectivity index is 2.29. The molecule has 0 aromatic heterocycles. The Labute approximate surface area is 132 Å². The van der Waals surface area contributed by atoms with Gasteiger partial charge in [0.2, 0.25) is 0 Å². The quantitative estimate of drug-likeness (QED) is 0.413. The number of rotatable bonds is 9. The van der Waals surface area contributed by atoms with Crippen molar-refractivity contribution in [3.05, 3.63) is 24.3 Å². The molecule has 0 radical (unpaired) electrons. The highest BCUT2D eigenvalue weighted by molar-refractivity contribution is 5.79. The summed E-state index contributed by atoms with van der Waals surface area (Å²) in [5.41, 5.74) is 0. The molecule has 0 aliphatic heterocycles. The summed E-state index contributed by atoms with van der Waals surface area (Å²) in [6.07, 6.45) is 0.0128. The lowest BCUT2D eigenvalue weighted by molar-refractivity contribution is 0.152. The molecule has 1 atom stereocenters. The number of nitrogens with zero attached hydrogens (tertiary/aromatic N) is 1. The molecule has 1 aromatic carbocycles. The Hall–Kier alpha value is -1.95. The molecule has 0 bridgehead atoms. The average molecular weight is 309 g/mol. The molecule has 0 fully saturated rings. The number of nitrogens with one attached hydrogen (secondary N) is 2. The predicted octanol–water partition coefficient (Wildman–Crippen LogP) is 1.66. The number of benzene rings is 1. The van der Waals surface area contributed by atoms with E-state index >= 15 is 0 Å². The van der Waals surface area contributed by atoms with Gasteiger partial charge in [0.15, 0.2) is 5.96 Å². The minimum atomic E-state index is 0.0128. The third-order valence-corrected chi connectivity index (χ3v) is 2.92. The van der Waals surface area contributed by atoms with Gasteiger partial charge in [0.1, 0.15) is 17.6 Å². The highest BCUT2D eigenvalue weighted by Crippen LogP contribution is 2.17. The zero-order chi connectivity index (χ0) is 16.2. The first kappa shape index (κ1) is 18.1. The number of guanidine groups is 1. The minimum Gasteiger partial charge on any atom is -0.497 e. The molecule has 0 spiro atoms. The molecule has 2 N–H and O–H groups in total. The van der Waals surface area contributed by atoms with Gasteiger partial charge in [-0.1, -0.05) is 0 Å². The predicted molar refractivity (Wildman–Crippen MR) is 88.9 cm³/mol. The first-order chi connectivity index (χ1) is 10.7. The third-order valence-electron chi connectivity index (χ3n) is 2.92. The van der Waals surface area contributed by atoms with Crippen molar-refractivity contribution in [2.24, 2.45) is 4.99 Å². The van der Waals surface area contributed by atoms with Crippen LogP contribution in [0.3, 0.4) is 0 Å². The lowest BCUT2D eigenvalue weighted by Crippen LogP contribution is -2.42. The van der Waals surface area contributed by atoms with Crippen molar-refractivity contribution in [1.82, 2.24) is 10.6 Å². The lowest BCUT2D eigenvalue weighted by Gasteiger charge is -2.18. The topological polar surface area (TPSA) is 64.1 Å². The van der Waals surface area contributed by atoms with Crippen molar-refractivity contribution >= 4 is 5.96 Å². The standard InChI is InChI=1S/C16H27N3O3/c1-5-21-11-10-18-16(17-3)19-12-13(2)22-15-8-6-14(20-4)7-9-15/h6-9,13H,5,10-12H2,1-4H3,(H2,17,18,19). The van der Waals surface area contributed by atoms with E-state index < -0.39 is 0 Å². The second kappa shape index (κ2) is 10.7. The average Bonchev–Trinajstić information content (AvgIpc) is 2.55. The van der Waals surface area contributed by atoms with E-state index in [1.807, 2.05) is 38.1 Å². The third kappa shape index (κ3) is 7.17. The summed E-state index contributed by atoms with van der Waals surface area (Å²) < 4.78 is 16.2. The van der Waals surface area contributed by atoms with Gasteiger partial charge in [-0.3, -0.25) is 4.99 Å². The van der Waals surface area contributed by atoms with Crippen LogP contribution in [-0.4, -0.2) is 52.5 Å². The normalized spacial score (nSPS) is 12.6. The summed E-state index contributed by atoms with van der Waals surface area (Å²) in [6, 6.07) is 7.54. The van der Waals surface area contributed by atoms with Crippen molar-refractivity contribution in [2.45, 2.75) is 20.0 Å². The van der Waals surface area contributed by atoms with Crippen molar-refractivity contribution in [1.29, 1.82) is 0 Å². The summed E-state index contributed by atoms with van der Waals surface area (Å²) in [7, 11) is 3.39. The lowest BCUT2D eigenvalue weighted by atomic mass is 10.3. The maximum Gasteiger partial charge on any atom is 0.191 e. The maximum atomic E-state index is 5.83. The smallest absolute Gasteiger partial charge is 0.191 e. The van der Waals surface area contributed by atoms with Gasteiger partial charge in [-0.15, -0.1) is 0 Å². The number of aliphatic imine (C=N–C) groups is 1. The summed E-state index contributed by atoms with van der Waals surface area (Å²) in [5.74, 6) is 2.37. The second-order valence-corrected chi connectivity index (χ2v) is 4.68. The van der Waals surface area contributed by atoms with Crippen molar-refractivity contribution in [2.75, 3.05) is 40.5 Å². The van der Waals surface area contributed by atoms with E-state index in [0.29, 0.717) is 13.2 Å². The summed E-state index contributed by atoms with van der Waals surface area (Å²) in [5, 5.41) is 6.40. The zero-order valence-corrected chi connectivity index (χ0v) is 13.9. The Bertz CT molecular complexity index is 435. The van der Waals surface area contributed by atoms with Gasteiger partial charge >= 0.3 is 0 Å². The van der Waals surface area contributed by atoms with Crippen LogP contribution in [0.5, 0.6) is 11.5 Å². The Morgan fingerprint density at radius 1 is 1.18 bits per heavy atom. The van der Waals surface area contributed by atoms with Crippen molar-refractivity contribution in [3.63, 3.8) is 0 Å². The monoisotopic (exact) mass is 309 g/mol. The first-order valence-electron chi connectivity index (χ1n) is 7.52. The van der Waals surface area contributed by atoms with Crippen LogP contribution in [0, 0.1) is 0 Å². The van der Waals surface area contributed by atoms with E-state index in [1.165, 1.54) is 0 Å². The van der Waals surface area contributed by atoms with Crippen LogP contribution >= 0.6 is 0 Å². The molecule has 0 saturated heterocycles. The summed E-state index contributed by atoms with van der Waals surface area (Å²) in [4.78, 5) is 4.15. The molecule has 1 unspecified atom stereocenters. The second-order valence-electron chi connectivity index (χ2n) is 4.68. The van der Waals surface area contributed by atoms with Crippen LogP contribution in [-0.2, 0) is 4.74 Å². The maximum absolute atomic E-state index is 5.83. The minimum absolute atomic E-state index is 0.0128. The molecular formula is C16H27N3O3. The van der Waals surface area contributed by atoms with E-state index in [0.717, 1.165) is 30.6 Å². The van der Waals surface area contributed by atoms with Crippen LogP contribution in [0.1, 0.15) is 13.8 Å². The molecule has 0 aliphatic rings. The molecular weight excluding hydrogens is 282 g/mol. The van der Waals surface area contributed by atoms with E-state index in [-0.39, 0.29) is 6.10 Å². The number of ether oxygens (including phenoxy) is 3. The Morgan fingerprint density at radius 3 is 2.45 bits per heavy atom. The van der Waals surface area contributed by atoms with E-state index in [4.69, 9.17) is 14.2 Å². The molecule has 0 heterocycles. The highest BCUT2D eigenvalue weighted by Gasteiger charge is 2.05. The van der Waals surface area contributed by atoms with Crippen LogP contribution in [0.4, 0.5) is 0 Å². The van der Waals surface area contributed by atoms with Crippen molar-refractivity contribution < 1.29 is 14.2 Å². The fourth-order valence-electron chi connectivity index (χ4n) is 1.78. The Kier molecular flexibility index (Phi) is 8.83. The van der Waals surface area contributed by atoms with Gasteiger partial charge in [-0.2, -0.15) is 0 Å². The van der Waals surface area contributed by atoms with Crippen LogP contribution in [0.25, 0.3) is 0 Å². The van der Waals surface area contributed by atoms with Crippen LogP contribution in [0.15, 0.2) is 29.3 Å². The van der Waals surface area contributed by atoms with Gasteiger partial charge < -0.3 is 24.8 Å². The number of hydrogen-bond donors (Lipinski definition) is 2. The van der Waals surface area contributed by atoms with E-state index in [9.17, 15) is 0 Å². The van der Waals surface area contributed by atoms with Crippen LogP contribution < -0.4 is 20.1 Å². The molecule has 22 heavy (non-hydrogen) atoms. The molecule has 124 valence electrons. The molecule has 6 heteroatoms. The summed E-state index contributed by atoms with van der Waals surface area (Å²) in [6.45, 7) is 6.74. The highest BCUT2D eigenvalue weighted by atomic mass is 16.5. The van der Waals surface area contributed by atoms with Gasteiger partial charge in [0.05, 0.1) is 20.3 Å². The Morgan fingerprint density at radius 2 is 1.86 bits per heavy atom. The number of hydrogen-bond acceptors (Lipinski definition) is 4. The van der Waals surface area contributed by atoms with Crippen molar-refractivity contribution in [3.8, 4) is 11.5 Å². The molecule has 0 aliphatic carbocycles. The van der Waals surface area contributed by atoms with E-state index in [1.54, 1.807) is 14.2 Å².